The summed E-state index contributed by atoms with van der Waals surface area (Å²) in [6, 6.07) is 3.45. The lowest BCUT2D eigenvalue weighted by Crippen LogP contribution is -2.52. The summed E-state index contributed by atoms with van der Waals surface area (Å²) in [6.07, 6.45) is 12.9. The topological polar surface area (TPSA) is 15.3 Å². The van der Waals surface area contributed by atoms with E-state index in [9.17, 15) is 0 Å². The van der Waals surface area contributed by atoms with Crippen LogP contribution >= 0.6 is 0 Å². The summed E-state index contributed by atoms with van der Waals surface area (Å²) in [5.74, 6) is 0.955. The van der Waals surface area contributed by atoms with Crippen molar-refractivity contribution in [3.8, 4) is 0 Å². The molecule has 3 fully saturated rings. The van der Waals surface area contributed by atoms with Gasteiger partial charge in [0, 0.05) is 24.2 Å². The van der Waals surface area contributed by atoms with Gasteiger partial charge in [-0.1, -0.05) is 26.7 Å². The lowest BCUT2D eigenvalue weighted by Gasteiger charge is -2.44. The zero-order valence-corrected chi connectivity index (χ0v) is 12.9. The molecule has 3 aliphatic rings. The van der Waals surface area contributed by atoms with Gasteiger partial charge in [0.15, 0.2) is 0 Å². The zero-order chi connectivity index (χ0) is 13.2. The van der Waals surface area contributed by atoms with Crippen LogP contribution in [0, 0.1) is 5.92 Å². The minimum atomic E-state index is 0.837. The number of nitrogens with one attached hydrogen (secondary N) is 1. The average molecular weight is 264 g/mol. The van der Waals surface area contributed by atoms with E-state index in [1.807, 2.05) is 0 Å². The van der Waals surface area contributed by atoms with Crippen LogP contribution in [0.25, 0.3) is 0 Å². The van der Waals surface area contributed by atoms with E-state index < -0.39 is 0 Å². The van der Waals surface area contributed by atoms with Crippen molar-refractivity contribution in [3.63, 3.8) is 0 Å². The van der Waals surface area contributed by atoms with E-state index in [0.29, 0.717) is 0 Å². The Balaban J connectivity index is 1.66. The molecule has 0 amide bonds. The third-order valence-corrected chi connectivity index (χ3v) is 5.78. The highest BCUT2D eigenvalue weighted by Crippen LogP contribution is 2.34. The first kappa shape index (κ1) is 13.9. The summed E-state index contributed by atoms with van der Waals surface area (Å²) in [7, 11) is 0. The molecule has 0 radical (unpaired) electrons. The van der Waals surface area contributed by atoms with Crippen molar-refractivity contribution in [2.75, 3.05) is 6.54 Å². The Labute approximate surface area is 119 Å². The molecule has 2 heterocycles. The van der Waals surface area contributed by atoms with Crippen molar-refractivity contribution in [2.24, 2.45) is 5.92 Å². The molecule has 1 N–H and O–H groups in total. The molecule has 0 aromatic heterocycles. The fourth-order valence-electron chi connectivity index (χ4n) is 4.92. The van der Waals surface area contributed by atoms with Crippen molar-refractivity contribution in [2.45, 2.75) is 95.8 Å². The fourth-order valence-corrected chi connectivity index (χ4v) is 4.92. The first-order valence-electron chi connectivity index (χ1n) is 8.78. The van der Waals surface area contributed by atoms with E-state index in [-0.39, 0.29) is 0 Å². The van der Waals surface area contributed by atoms with Gasteiger partial charge in [-0.15, -0.1) is 0 Å². The van der Waals surface area contributed by atoms with Crippen molar-refractivity contribution in [1.82, 2.24) is 10.2 Å². The maximum atomic E-state index is 3.80. The minimum absolute atomic E-state index is 0.837. The first-order valence-corrected chi connectivity index (χ1v) is 8.78. The quantitative estimate of drug-likeness (QED) is 0.835. The average Bonchev–Trinajstić information content (AvgIpc) is 2.75. The third kappa shape index (κ3) is 3.16. The van der Waals surface area contributed by atoms with E-state index in [2.05, 4.69) is 24.1 Å². The summed E-state index contributed by atoms with van der Waals surface area (Å²) in [6.45, 7) is 6.15. The molecule has 19 heavy (non-hydrogen) atoms. The molecule has 2 nitrogen and oxygen atoms in total. The van der Waals surface area contributed by atoms with Gasteiger partial charge in [0.05, 0.1) is 0 Å². The van der Waals surface area contributed by atoms with Crippen molar-refractivity contribution >= 4 is 0 Å². The van der Waals surface area contributed by atoms with Gasteiger partial charge in [-0.25, -0.2) is 0 Å². The van der Waals surface area contributed by atoms with Crippen LogP contribution in [0.1, 0.15) is 71.6 Å². The Kier molecular flexibility index (Phi) is 4.48. The van der Waals surface area contributed by atoms with E-state index in [0.717, 1.165) is 30.1 Å². The molecule has 0 aromatic rings. The molecule has 3 rings (SSSR count). The van der Waals surface area contributed by atoms with Crippen LogP contribution in [-0.4, -0.2) is 35.6 Å². The maximum Gasteiger partial charge on any atom is 0.0128 e. The number of rotatable bonds is 4. The predicted octanol–water partition coefficient (Wildman–Crippen LogP) is 3.56. The second-order valence-electron chi connectivity index (χ2n) is 7.43. The van der Waals surface area contributed by atoms with Gasteiger partial charge in [0.1, 0.15) is 0 Å². The smallest absolute Gasteiger partial charge is 0.0128 e. The number of nitrogens with zero attached hydrogens (tertiary/aromatic N) is 1. The molecular weight excluding hydrogens is 232 g/mol. The van der Waals surface area contributed by atoms with E-state index in [1.165, 1.54) is 64.3 Å². The molecule has 0 spiro atoms. The second kappa shape index (κ2) is 6.13. The molecular formula is C17H32N2. The number of hydrogen-bond donors (Lipinski definition) is 1. The van der Waals surface area contributed by atoms with Crippen LogP contribution in [0.3, 0.4) is 0 Å². The van der Waals surface area contributed by atoms with Crippen LogP contribution in [0.2, 0.25) is 0 Å². The van der Waals surface area contributed by atoms with Gasteiger partial charge in [-0.3, -0.25) is 4.90 Å². The number of piperidine rings is 1. The van der Waals surface area contributed by atoms with Crippen molar-refractivity contribution < 1.29 is 0 Å². The summed E-state index contributed by atoms with van der Waals surface area (Å²) in [5, 5.41) is 3.80. The molecule has 0 aromatic carbocycles. The highest BCUT2D eigenvalue weighted by molar-refractivity contribution is 4.97. The molecule has 2 aliphatic heterocycles. The summed E-state index contributed by atoms with van der Waals surface area (Å²) in [5.41, 5.74) is 0. The lowest BCUT2D eigenvalue weighted by molar-refractivity contribution is 0.0618. The Morgan fingerprint density at radius 1 is 0.947 bits per heavy atom. The Morgan fingerprint density at radius 2 is 1.68 bits per heavy atom. The first-order chi connectivity index (χ1) is 9.26. The highest BCUT2D eigenvalue weighted by atomic mass is 15.2. The summed E-state index contributed by atoms with van der Waals surface area (Å²) >= 11 is 0. The van der Waals surface area contributed by atoms with E-state index in [1.54, 1.807) is 0 Å². The van der Waals surface area contributed by atoms with Crippen molar-refractivity contribution in [1.29, 1.82) is 0 Å². The normalized spacial score (nSPS) is 42.8. The summed E-state index contributed by atoms with van der Waals surface area (Å²) < 4.78 is 0. The fraction of sp³-hybridized carbons (Fsp3) is 1.00. The van der Waals surface area contributed by atoms with Gasteiger partial charge >= 0.3 is 0 Å². The standard InChI is InChI=1S/C17H32N2/c1-3-9-19(16-6-4-5-13(2)10-16)17-11-14-7-8-15(12-17)18-14/h13-18H,3-12H2,1-2H3. The molecule has 1 aliphatic carbocycles. The summed E-state index contributed by atoms with van der Waals surface area (Å²) in [4.78, 5) is 2.93. The Hall–Kier alpha value is -0.0800. The van der Waals surface area contributed by atoms with Gasteiger partial charge < -0.3 is 5.32 Å². The number of fused-ring (bicyclic) bond motifs is 2. The second-order valence-corrected chi connectivity index (χ2v) is 7.43. The van der Waals surface area contributed by atoms with Crippen LogP contribution in [-0.2, 0) is 0 Å². The van der Waals surface area contributed by atoms with E-state index >= 15 is 0 Å². The van der Waals surface area contributed by atoms with Crippen molar-refractivity contribution in [3.05, 3.63) is 0 Å². The molecule has 2 heteroatoms. The number of hydrogen-bond acceptors (Lipinski definition) is 2. The third-order valence-electron chi connectivity index (χ3n) is 5.78. The largest absolute Gasteiger partial charge is 0.311 e. The molecule has 1 saturated carbocycles. The highest BCUT2D eigenvalue weighted by Gasteiger charge is 2.38. The van der Waals surface area contributed by atoms with Gasteiger partial charge in [0.2, 0.25) is 0 Å². The van der Waals surface area contributed by atoms with Gasteiger partial charge in [0.25, 0.3) is 0 Å². The van der Waals surface area contributed by atoms with Gasteiger partial charge in [-0.05, 0) is 57.4 Å². The lowest BCUT2D eigenvalue weighted by atomic mass is 9.84. The van der Waals surface area contributed by atoms with E-state index in [4.69, 9.17) is 0 Å². The molecule has 4 atom stereocenters. The van der Waals surface area contributed by atoms with Crippen LogP contribution < -0.4 is 5.32 Å². The van der Waals surface area contributed by atoms with Crippen LogP contribution in [0.15, 0.2) is 0 Å². The van der Waals surface area contributed by atoms with Crippen LogP contribution in [0.5, 0.6) is 0 Å². The minimum Gasteiger partial charge on any atom is -0.311 e. The maximum absolute atomic E-state index is 3.80. The molecule has 110 valence electrons. The molecule has 4 unspecified atom stereocenters. The zero-order valence-electron chi connectivity index (χ0n) is 12.9. The van der Waals surface area contributed by atoms with Crippen LogP contribution in [0.4, 0.5) is 0 Å². The monoisotopic (exact) mass is 264 g/mol. The predicted molar refractivity (Wildman–Crippen MR) is 81.4 cm³/mol. The SMILES string of the molecule is CCCN(C1CCCC(C)C1)C1CC2CCC(C1)N2. The molecule has 2 saturated heterocycles. The Bertz CT molecular complexity index is 279. The van der Waals surface area contributed by atoms with Gasteiger partial charge in [-0.2, -0.15) is 0 Å². The molecule has 2 bridgehead atoms. The Morgan fingerprint density at radius 3 is 2.32 bits per heavy atom.